The first-order valence-electron chi connectivity index (χ1n) is 9.01. The summed E-state index contributed by atoms with van der Waals surface area (Å²) >= 11 is 0. The van der Waals surface area contributed by atoms with E-state index in [1.54, 1.807) is 36.5 Å². The van der Waals surface area contributed by atoms with Gasteiger partial charge in [0, 0.05) is 33.3 Å². The van der Waals surface area contributed by atoms with E-state index in [2.05, 4.69) is 4.99 Å². The summed E-state index contributed by atoms with van der Waals surface area (Å²) in [7, 11) is 5.35. The first-order chi connectivity index (χ1) is 12.8. The van der Waals surface area contributed by atoms with Crippen LogP contribution in [0.2, 0.25) is 0 Å². The van der Waals surface area contributed by atoms with Crippen molar-refractivity contribution < 1.29 is 19.4 Å². The Hall–Kier alpha value is -2.61. The molecule has 8 heteroatoms. The minimum atomic E-state index is -1.32. The van der Waals surface area contributed by atoms with E-state index in [0.717, 1.165) is 12.8 Å². The van der Waals surface area contributed by atoms with E-state index in [1.807, 2.05) is 21.0 Å². The molecule has 3 aliphatic heterocycles. The SMILES string of the molecule is CN(C)C=NC1=N[C@@]2(C(=O)N1C)c1cc(O)ccc1O[C@@]1(C)CCCO[C@H]12. The van der Waals surface area contributed by atoms with Crippen molar-refractivity contribution >= 4 is 18.2 Å². The van der Waals surface area contributed by atoms with E-state index in [9.17, 15) is 9.90 Å². The van der Waals surface area contributed by atoms with Gasteiger partial charge in [-0.2, -0.15) is 0 Å². The predicted molar refractivity (Wildman–Crippen MR) is 100 cm³/mol. The summed E-state index contributed by atoms with van der Waals surface area (Å²) in [4.78, 5) is 25.9. The Bertz CT molecular complexity index is 852. The number of phenolic OH excluding ortho intramolecular Hbond substituents is 1. The normalized spacial score (nSPS) is 32.3. The van der Waals surface area contributed by atoms with E-state index in [4.69, 9.17) is 14.5 Å². The average Bonchev–Trinajstić information content (AvgIpc) is 2.86. The van der Waals surface area contributed by atoms with Gasteiger partial charge in [-0.25, -0.2) is 9.98 Å². The number of guanidine groups is 1. The molecule has 1 fully saturated rings. The van der Waals surface area contributed by atoms with Crippen LogP contribution in [0.15, 0.2) is 28.2 Å². The van der Waals surface area contributed by atoms with Crippen LogP contribution >= 0.6 is 0 Å². The maximum Gasteiger partial charge on any atom is 0.264 e. The summed E-state index contributed by atoms with van der Waals surface area (Å²) < 4.78 is 12.3. The van der Waals surface area contributed by atoms with E-state index >= 15 is 0 Å². The molecule has 0 saturated carbocycles. The Kier molecular flexibility index (Phi) is 3.92. The number of likely N-dealkylation sites (N-methyl/N-ethyl adjacent to an activating group) is 1. The van der Waals surface area contributed by atoms with Crippen LogP contribution in [0, 0.1) is 0 Å². The first-order valence-corrected chi connectivity index (χ1v) is 9.01. The number of aromatic hydroxyl groups is 1. The van der Waals surface area contributed by atoms with Crippen molar-refractivity contribution in [1.82, 2.24) is 9.80 Å². The van der Waals surface area contributed by atoms with Crippen LogP contribution in [0.3, 0.4) is 0 Å². The molecule has 0 radical (unpaired) electrons. The summed E-state index contributed by atoms with van der Waals surface area (Å²) in [5.41, 5.74) is -1.50. The third kappa shape index (κ3) is 2.50. The van der Waals surface area contributed by atoms with Gasteiger partial charge in [0.15, 0.2) is 0 Å². The number of hydrogen-bond donors (Lipinski definition) is 1. The molecule has 27 heavy (non-hydrogen) atoms. The molecule has 3 heterocycles. The average molecular weight is 372 g/mol. The van der Waals surface area contributed by atoms with Gasteiger partial charge in [-0.1, -0.05) is 0 Å². The molecule has 0 unspecified atom stereocenters. The van der Waals surface area contributed by atoms with Crippen LogP contribution < -0.4 is 4.74 Å². The van der Waals surface area contributed by atoms with Crippen molar-refractivity contribution in [1.29, 1.82) is 0 Å². The minimum absolute atomic E-state index is 0.0482. The number of ether oxygens (including phenoxy) is 2. The van der Waals surface area contributed by atoms with Crippen molar-refractivity contribution in [3.8, 4) is 11.5 Å². The molecule has 3 aliphatic rings. The van der Waals surface area contributed by atoms with Crippen LogP contribution in [0.25, 0.3) is 0 Å². The zero-order valence-electron chi connectivity index (χ0n) is 16.0. The molecule has 1 N–H and O–H groups in total. The standard InChI is InChI=1S/C19H24N4O4/c1-18-8-5-9-26-15(18)19(13-10-12(24)6-7-14(13)27-18)16(25)23(4)17(21-19)20-11-22(2)3/h6-7,10-11,15,24H,5,8-9H2,1-4H3/t15-,18+,19+/m1/s1. The summed E-state index contributed by atoms with van der Waals surface area (Å²) in [5, 5.41) is 10.1. The number of nitrogens with zero attached hydrogens (tertiary/aromatic N) is 4. The molecule has 144 valence electrons. The van der Waals surface area contributed by atoms with Gasteiger partial charge >= 0.3 is 0 Å². The number of carbonyl (C=O) groups excluding carboxylic acids is 1. The number of fused-ring (bicyclic) bond motifs is 4. The number of carbonyl (C=O) groups is 1. The molecular weight excluding hydrogens is 348 g/mol. The van der Waals surface area contributed by atoms with Crippen molar-refractivity contribution in [2.24, 2.45) is 9.98 Å². The maximum absolute atomic E-state index is 13.5. The third-order valence-electron chi connectivity index (χ3n) is 5.36. The maximum atomic E-state index is 13.5. The molecule has 0 aromatic heterocycles. The highest BCUT2D eigenvalue weighted by Gasteiger charge is 2.65. The van der Waals surface area contributed by atoms with E-state index in [0.29, 0.717) is 23.9 Å². The molecule has 0 aliphatic carbocycles. The van der Waals surface area contributed by atoms with E-state index < -0.39 is 17.2 Å². The molecule has 4 rings (SSSR count). The van der Waals surface area contributed by atoms with Gasteiger partial charge in [0.1, 0.15) is 23.2 Å². The number of benzene rings is 1. The van der Waals surface area contributed by atoms with E-state index in [-0.39, 0.29) is 11.7 Å². The van der Waals surface area contributed by atoms with Crippen LogP contribution in [-0.4, -0.2) is 72.6 Å². The minimum Gasteiger partial charge on any atom is -0.508 e. The second-order valence-corrected chi connectivity index (χ2v) is 7.70. The van der Waals surface area contributed by atoms with Gasteiger partial charge in [-0.05, 0) is 38.0 Å². The van der Waals surface area contributed by atoms with Crippen LogP contribution in [0.5, 0.6) is 11.5 Å². The Balaban J connectivity index is 1.95. The Morgan fingerprint density at radius 3 is 2.96 bits per heavy atom. The monoisotopic (exact) mass is 372 g/mol. The third-order valence-corrected chi connectivity index (χ3v) is 5.36. The highest BCUT2D eigenvalue weighted by Crippen LogP contribution is 2.53. The van der Waals surface area contributed by atoms with Crippen LogP contribution in [0.4, 0.5) is 0 Å². The fourth-order valence-electron chi connectivity index (χ4n) is 4.15. The van der Waals surface area contributed by atoms with Gasteiger partial charge in [0.05, 0.1) is 6.34 Å². The van der Waals surface area contributed by atoms with Gasteiger partial charge in [0.25, 0.3) is 5.91 Å². The molecule has 3 atom stereocenters. The zero-order valence-corrected chi connectivity index (χ0v) is 16.0. The number of rotatable bonds is 1. The highest BCUT2D eigenvalue weighted by molar-refractivity contribution is 6.10. The summed E-state index contributed by atoms with van der Waals surface area (Å²) in [6.45, 7) is 2.49. The number of phenols is 1. The summed E-state index contributed by atoms with van der Waals surface area (Å²) in [6, 6.07) is 4.78. The molecule has 1 aromatic carbocycles. The lowest BCUT2D eigenvalue weighted by molar-refractivity contribution is -0.175. The molecule has 1 saturated heterocycles. The second-order valence-electron chi connectivity index (χ2n) is 7.70. The van der Waals surface area contributed by atoms with Gasteiger partial charge in [0.2, 0.25) is 11.5 Å². The lowest BCUT2D eigenvalue weighted by atomic mass is 9.71. The van der Waals surface area contributed by atoms with Crippen molar-refractivity contribution in [3.63, 3.8) is 0 Å². The number of hydrogen-bond acceptors (Lipinski definition) is 6. The molecule has 8 nitrogen and oxygen atoms in total. The second kappa shape index (κ2) is 5.95. The van der Waals surface area contributed by atoms with Crippen LogP contribution in [-0.2, 0) is 15.1 Å². The van der Waals surface area contributed by atoms with Crippen molar-refractivity contribution in [3.05, 3.63) is 23.8 Å². The molecule has 1 aromatic rings. The fraction of sp³-hybridized carbons (Fsp3) is 0.526. The zero-order chi connectivity index (χ0) is 19.4. The highest BCUT2D eigenvalue weighted by atomic mass is 16.6. The van der Waals surface area contributed by atoms with Gasteiger partial charge < -0.3 is 19.5 Å². The lowest BCUT2D eigenvalue weighted by Gasteiger charge is -2.51. The summed E-state index contributed by atoms with van der Waals surface area (Å²) in [6.07, 6.45) is 2.60. The van der Waals surface area contributed by atoms with E-state index in [1.165, 1.54) is 4.90 Å². The fourth-order valence-corrected chi connectivity index (χ4v) is 4.15. The largest absolute Gasteiger partial charge is 0.508 e. The molecular formula is C19H24N4O4. The number of aliphatic imine (C=N–C) groups is 2. The quantitative estimate of drug-likeness (QED) is 0.594. The van der Waals surface area contributed by atoms with Gasteiger partial charge in [-0.15, -0.1) is 0 Å². The first kappa shape index (κ1) is 17.8. The molecule has 0 bridgehead atoms. The topological polar surface area (TPSA) is 87.0 Å². The van der Waals surface area contributed by atoms with Crippen molar-refractivity contribution in [2.45, 2.75) is 37.0 Å². The van der Waals surface area contributed by atoms with Crippen molar-refractivity contribution in [2.75, 3.05) is 27.7 Å². The smallest absolute Gasteiger partial charge is 0.264 e. The lowest BCUT2D eigenvalue weighted by Crippen LogP contribution is -2.64. The Labute approximate surface area is 158 Å². The van der Waals surface area contributed by atoms with Crippen LogP contribution in [0.1, 0.15) is 25.3 Å². The van der Waals surface area contributed by atoms with Gasteiger partial charge in [-0.3, -0.25) is 9.69 Å². The Morgan fingerprint density at radius 1 is 1.44 bits per heavy atom. The molecule has 1 spiro atoms. The number of amides is 1. The summed E-state index contributed by atoms with van der Waals surface area (Å²) in [5.74, 6) is 0.663. The molecule has 1 amide bonds. The predicted octanol–water partition coefficient (Wildman–Crippen LogP) is 1.34. The Morgan fingerprint density at radius 2 is 2.22 bits per heavy atom.